The first-order valence-electron chi connectivity index (χ1n) is 10.5. The lowest BCUT2D eigenvalue weighted by Crippen LogP contribution is -2.33. The number of rotatable bonds is 11. The van der Waals surface area contributed by atoms with E-state index in [9.17, 15) is 9.59 Å². The van der Waals surface area contributed by atoms with E-state index in [2.05, 4.69) is 15.4 Å². The second-order valence-corrected chi connectivity index (χ2v) is 7.45. The summed E-state index contributed by atoms with van der Waals surface area (Å²) in [4.78, 5) is 30.1. The van der Waals surface area contributed by atoms with Crippen LogP contribution in [0.5, 0.6) is 11.6 Å². The third-order valence-electron chi connectivity index (χ3n) is 4.68. The van der Waals surface area contributed by atoms with Gasteiger partial charge in [-0.25, -0.2) is 0 Å². The minimum atomic E-state index is -0.241. The van der Waals surface area contributed by atoms with E-state index >= 15 is 0 Å². The third-order valence-corrected chi connectivity index (χ3v) is 4.68. The van der Waals surface area contributed by atoms with Crippen LogP contribution in [0, 0.1) is 6.92 Å². The van der Waals surface area contributed by atoms with E-state index in [0.29, 0.717) is 30.5 Å². The Bertz CT molecular complexity index is 1070. The van der Waals surface area contributed by atoms with Gasteiger partial charge in [-0.1, -0.05) is 23.8 Å². The maximum Gasteiger partial charge on any atom is 0.244 e. The highest BCUT2D eigenvalue weighted by Crippen LogP contribution is 2.12. The number of nitrogens with zero attached hydrogens (tertiary/aromatic N) is 4. The maximum atomic E-state index is 12.4. The van der Waals surface area contributed by atoms with Crippen molar-refractivity contribution in [2.45, 2.75) is 19.9 Å². The van der Waals surface area contributed by atoms with Crippen molar-refractivity contribution < 1.29 is 19.1 Å². The molecule has 0 unspecified atom stereocenters. The Morgan fingerprint density at radius 2 is 1.91 bits per heavy atom. The second kappa shape index (κ2) is 11.5. The Morgan fingerprint density at radius 3 is 2.67 bits per heavy atom. The number of likely N-dealkylation sites (N-methyl/N-ethyl adjacent to an activating group) is 1. The average molecular weight is 453 g/mol. The molecule has 0 bridgehead atoms. The van der Waals surface area contributed by atoms with Crippen molar-refractivity contribution in [3.8, 4) is 11.6 Å². The Morgan fingerprint density at radius 1 is 1.12 bits per heavy atom. The van der Waals surface area contributed by atoms with Crippen LogP contribution in [0.4, 0.5) is 11.5 Å². The van der Waals surface area contributed by atoms with E-state index in [-0.39, 0.29) is 31.4 Å². The van der Waals surface area contributed by atoms with Gasteiger partial charge in [0.25, 0.3) is 0 Å². The van der Waals surface area contributed by atoms with E-state index in [1.54, 1.807) is 36.3 Å². The Balaban J connectivity index is 1.36. The quantitative estimate of drug-likeness (QED) is 0.456. The van der Waals surface area contributed by atoms with E-state index in [4.69, 9.17) is 15.2 Å². The number of aryl methyl sites for hydroxylation is 1. The highest BCUT2D eigenvalue weighted by Gasteiger charge is 2.12. The zero-order valence-corrected chi connectivity index (χ0v) is 18.7. The summed E-state index contributed by atoms with van der Waals surface area (Å²) in [7, 11) is 1.71. The monoisotopic (exact) mass is 452 g/mol. The average Bonchev–Trinajstić information content (AvgIpc) is 3.21. The number of ether oxygens (including phenoxy) is 2. The lowest BCUT2D eigenvalue weighted by molar-refractivity contribution is -0.131. The van der Waals surface area contributed by atoms with Crippen molar-refractivity contribution in [2.75, 3.05) is 37.9 Å². The first-order chi connectivity index (χ1) is 15.9. The molecule has 0 radical (unpaired) electrons. The SMILES string of the molecule is Cc1ccc(OCCN(C)C(=O)Cn2cc(NC(=O)CCOc3cccc(N)n3)cn2)cc1. The molecular formula is C23H28N6O4. The lowest BCUT2D eigenvalue weighted by Gasteiger charge is -2.17. The molecule has 0 saturated heterocycles. The summed E-state index contributed by atoms with van der Waals surface area (Å²) in [5, 5.41) is 6.86. The molecule has 3 N–H and O–H groups in total. The van der Waals surface area contributed by atoms with Gasteiger partial charge >= 0.3 is 0 Å². The van der Waals surface area contributed by atoms with Crippen LogP contribution in [-0.2, 0) is 16.1 Å². The predicted octanol–water partition coefficient (Wildman–Crippen LogP) is 2.11. The smallest absolute Gasteiger partial charge is 0.244 e. The molecule has 10 heteroatoms. The standard InChI is InChI=1S/C23H28N6O4/c1-17-6-8-19(9-7-17)32-13-11-28(2)23(31)16-29-15-18(14-25-29)26-21(30)10-12-33-22-5-3-4-20(24)27-22/h3-9,14-15H,10-13,16H2,1-2H3,(H2,24,27)(H,26,30). The number of nitrogens with two attached hydrogens (primary N) is 1. The van der Waals surface area contributed by atoms with E-state index < -0.39 is 0 Å². The number of benzene rings is 1. The maximum absolute atomic E-state index is 12.4. The fraction of sp³-hybridized carbons (Fsp3) is 0.304. The highest BCUT2D eigenvalue weighted by atomic mass is 16.5. The summed E-state index contributed by atoms with van der Waals surface area (Å²) in [6.45, 7) is 3.06. The van der Waals surface area contributed by atoms with Crippen LogP contribution in [-0.4, -0.2) is 58.3 Å². The van der Waals surface area contributed by atoms with E-state index in [1.165, 1.54) is 10.9 Å². The van der Waals surface area contributed by atoms with Crippen LogP contribution in [0.3, 0.4) is 0 Å². The molecule has 2 amide bonds. The summed E-state index contributed by atoms with van der Waals surface area (Å²) in [5.74, 6) is 1.12. The number of anilines is 2. The molecule has 0 aliphatic carbocycles. The fourth-order valence-corrected chi connectivity index (χ4v) is 2.82. The molecule has 1 aromatic carbocycles. The van der Waals surface area contributed by atoms with Crippen LogP contribution in [0.1, 0.15) is 12.0 Å². The number of nitrogens with one attached hydrogen (secondary N) is 1. The van der Waals surface area contributed by atoms with Crippen LogP contribution >= 0.6 is 0 Å². The largest absolute Gasteiger partial charge is 0.492 e. The zero-order valence-electron chi connectivity index (χ0n) is 18.7. The topological polar surface area (TPSA) is 125 Å². The Labute approximate surface area is 192 Å². The van der Waals surface area contributed by atoms with Crippen molar-refractivity contribution in [3.05, 3.63) is 60.4 Å². The second-order valence-electron chi connectivity index (χ2n) is 7.45. The van der Waals surface area contributed by atoms with Crippen molar-refractivity contribution in [3.63, 3.8) is 0 Å². The number of carbonyl (C=O) groups is 2. The molecule has 3 rings (SSSR count). The van der Waals surface area contributed by atoms with E-state index in [1.807, 2.05) is 31.2 Å². The van der Waals surface area contributed by atoms with Gasteiger partial charge < -0.3 is 25.4 Å². The summed E-state index contributed by atoms with van der Waals surface area (Å²) in [6, 6.07) is 12.8. The Kier molecular flexibility index (Phi) is 8.23. The normalized spacial score (nSPS) is 10.5. The summed E-state index contributed by atoms with van der Waals surface area (Å²) < 4.78 is 12.5. The molecule has 2 aromatic heterocycles. The summed E-state index contributed by atoms with van der Waals surface area (Å²) >= 11 is 0. The summed E-state index contributed by atoms with van der Waals surface area (Å²) in [5.41, 5.74) is 7.25. The number of aromatic nitrogens is 3. The van der Waals surface area contributed by atoms with Crippen molar-refractivity contribution in [2.24, 2.45) is 0 Å². The van der Waals surface area contributed by atoms with Gasteiger partial charge in [0.15, 0.2) is 0 Å². The molecule has 0 aliphatic heterocycles. The van der Waals surface area contributed by atoms with Gasteiger partial charge in [0.05, 0.1) is 31.5 Å². The van der Waals surface area contributed by atoms with Crippen LogP contribution in [0.15, 0.2) is 54.9 Å². The minimum absolute atomic E-state index is 0.0567. The van der Waals surface area contributed by atoms with Gasteiger partial charge in [-0.15, -0.1) is 0 Å². The molecular weight excluding hydrogens is 424 g/mol. The fourth-order valence-electron chi connectivity index (χ4n) is 2.82. The number of amides is 2. The molecule has 3 aromatic rings. The number of pyridine rings is 1. The molecule has 0 atom stereocenters. The molecule has 33 heavy (non-hydrogen) atoms. The van der Waals surface area contributed by atoms with Gasteiger partial charge in [0.2, 0.25) is 17.7 Å². The van der Waals surface area contributed by atoms with Crippen molar-refractivity contribution in [1.82, 2.24) is 19.7 Å². The van der Waals surface area contributed by atoms with Crippen molar-refractivity contribution >= 4 is 23.3 Å². The lowest BCUT2D eigenvalue weighted by atomic mass is 10.2. The zero-order chi connectivity index (χ0) is 23.6. The first-order valence-corrected chi connectivity index (χ1v) is 10.5. The molecule has 0 fully saturated rings. The highest BCUT2D eigenvalue weighted by molar-refractivity contribution is 5.90. The predicted molar refractivity (Wildman–Crippen MR) is 124 cm³/mol. The molecule has 10 nitrogen and oxygen atoms in total. The molecule has 0 aliphatic rings. The van der Waals surface area contributed by atoms with Gasteiger partial charge in [-0.05, 0) is 25.1 Å². The van der Waals surface area contributed by atoms with Crippen LogP contribution in [0.2, 0.25) is 0 Å². The van der Waals surface area contributed by atoms with Gasteiger partial charge in [-0.3, -0.25) is 14.3 Å². The molecule has 2 heterocycles. The number of hydrogen-bond acceptors (Lipinski definition) is 7. The van der Waals surface area contributed by atoms with Gasteiger partial charge in [0, 0.05) is 19.3 Å². The number of carbonyl (C=O) groups excluding carboxylic acids is 2. The third kappa shape index (κ3) is 7.84. The number of nitrogen functional groups attached to an aromatic ring is 1. The van der Waals surface area contributed by atoms with Crippen LogP contribution in [0.25, 0.3) is 0 Å². The summed E-state index contributed by atoms with van der Waals surface area (Å²) in [6.07, 6.45) is 3.23. The molecule has 0 spiro atoms. The first kappa shape index (κ1) is 23.6. The van der Waals surface area contributed by atoms with Gasteiger partial charge in [-0.2, -0.15) is 10.1 Å². The minimum Gasteiger partial charge on any atom is -0.492 e. The van der Waals surface area contributed by atoms with Crippen LogP contribution < -0.4 is 20.5 Å². The Hall–Kier alpha value is -4.08. The van der Waals surface area contributed by atoms with E-state index in [0.717, 1.165) is 11.3 Å². The molecule has 174 valence electrons. The van der Waals surface area contributed by atoms with Gasteiger partial charge in [0.1, 0.15) is 24.7 Å². The number of hydrogen-bond donors (Lipinski definition) is 2. The van der Waals surface area contributed by atoms with Crippen molar-refractivity contribution in [1.29, 1.82) is 0 Å². The molecule has 0 saturated carbocycles.